The number of benzene rings is 2. The number of carbonyl (C=O) groups is 2. The van der Waals surface area contributed by atoms with Crippen molar-refractivity contribution >= 4 is 23.8 Å². The van der Waals surface area contributed by atoms with Gasteiger partial charge in [-0.3, -0.25) is 4.79 Å². The van der Waals surface area contributed by atoms with Gasteiger partial charge in [-0.1, -0.05) is 36.4 Å². The van der Waals surface area contributed by atoms with Crippen LogP contribution in [0.1, 0.15) is 38.3 Å². The van der Waals surface area contributed by atoms with Crippen LogP contribution in [0.5, 0.6) is 0 Å². The first kappa shape index (κ1) is 24.7. The summed E-state index contributed by atoms with van der Waals surface area (Å²) in [6.45, 7) is 5.75. The van der Waals surface area contributed by atoms with Crippen LogP contribution in [0.4, 0.5) is 9.18 Å². The first-order chi connectivity index (χ1) is 14.6. The number of halogens is 1. The molecule has 2 amide bonds. The predicted octanol–water partition coefficient (Wildman–Crippen LogP) is 5.03. The molecule has 0 aromatic heterocycles. The van der Waals surface area contributed by atoms with Crippen LogP contribution in [0.2, 0.25) is 0 Å². The van der Waals surface area contributed by atoms with E-state index in [1.165, 1.54) is 6.07 Å². The van der Waals surface area contributed by atoms with Crippen LogP contribution < -0.4 is 5.32 Å². The average Bonchev–Trinajstić information content (AvgIpc) is 2.68. The van der Waals surface area contributed by atoms with Crippen molar-refractivity contribution in [1.82, 2.24) is 10.2 Å². The van der Waals surface area contributed by atoms with Crippen molar-refractivity contribution in [2.45, 2.75) is 56.7 Å². The number of carbonyl (C=O) groups excluding carboxylic acids is 2. The monoisotopic (exact) mass is 446 g/mol. The lowest BCUT2D eigenvalue weighted by molar-refractivity contribution is -0.130. The van der Waals surface area contributed by atoms with Crippen LogP contribution in [0.3, 0.4) is 0 Å². The van der Waals surface area contributed by atoms with Gasteiger partial charge in [0, 0.05) is 31.0 Å². The van der Waals surface area contributed by atoms with Crippen LogP contribution in [0, 0.1) is 5.82 Å². The Hall–Kier alpha value is -2.54. The highest BCUT2D eigenvalue weighted by Crippen LogP contribution is 2.21. The van der Waals surface area contributed by atoms with Crippen molar-refractivity contribution in [3.63, 3.8) is 0 Å². The lowest BCUT2D eigenvalue weighted by Crippen LogP contribution is -2.43. The third-order valence-corrected chi connectivity index (χ3v) is 5.43. The summed E-state index contributed by atoms with van der Waals surface area (Å²) in [6, 6.07) is 13.7. The summed E-state index contributed by atoms with van der Waals surface area (Å²) in [7, 11) is 1.73. The molecular weight excluding hydrogens is 415 g/mol. The van der Waals surface area contributed by atoms with Gasteiger partial charge in [0.25, 0.3) is 0 Å². The lowest BCUT2D eigenvalue weighted by atomic mass is 10.0. The highest BCUT2D eigenvalue weighted by atomic mass is 32.2. The minimum absolute atomic E-state index is 0.0332. The van der Waals surface area contributed by atoms with E-state index in [4.69, 9.17) is 4.74 Å². The highest BCUT2D eigenvalue weighted by Gasteiger charge is 2.24. The summed E-state index contributed by atoms with van der Waals surface area (Å²) in [5.74, 6) is -0.513. The average molecular weight is 447 g/mol. The van der Waals surface area contributed by atoms with E-state index in [1.807, 2.05) is 30.5 Å². The Morgan fingerprint density at radius 3 is 2.32 bits per heavy atom. The van der Waals surface area contributed by atoms with Gasteiger partial charge in [-0.15, -0.1) is 11.8 Å². The molecule has 31 heavy (non-hydrogen) atoms. The topological polar surface area (TPSA) is 58.6 Å². The number of nitrogens with one attached hydrogen (secondary N) is 1. The second-order valence-electron chi connectivity index (χ2n) is 8.40. The molecule has 5 nitrogen and oxygen atoms in total. The zero-order valence-corrected chi connectivity index (χ0v) is 19.6. The van der Waals surface area contributed by atoms with Crippen LogP contribution in [-0.4, -0.2) is 41.8 Å². The molecule has 0 aliphatic carbocycles. The van der Waals surface area contributed by atoms with Crippen LogP contribution in [-0.2, 0) is 22.5 Å². The molecule has 0 saturated carbocycles. The van der Waals surface area contributed by atoms with Crippen molar-refractivity contribution in [2.75, 3.05) is 13.3 Å². The Labute approximate surface area is 188 Å². The molecule has 1 N–H and O–H groups in total. The highest BCUT2D eigenvalue weighted by molar-refractivity contribution is 7.98. The Bertz CT molecular complexity index is 898. The van der Waals surface area contributed by atoms with E-state index in [0.29, 0.717) is 12.1 Å². The Morgan fingerprint density at radius 1 is 1.10 bits per heavy atom. The lowest BCUT2D eigenvalue weighted by Gasteiger charge is -2.25. The number of thioether (sulfide) groups is 1. The summed E-state index contributed by atoms with van der Waals surface area (Å²) >= 11 is 1.63. The number of alkyl carbamates (subject to hydrolysis) is 1. The van der Waals surface area contributed by atoms with Gasteiger partial charge in [-0.25, -0.2) is 9.18 Å². The fraction of sp³-hybridized carbons (Fsp3) is 0.417. The third kappa shape index (κ3) is 8.25. The van der Waals surface area contributed by atoms with E-state index >= 15 is 0 Å². The van der Waals surface area contributed by atoms with Gasteiger partial charge in [0.1, 0.15) is 11.4 Å². The van der Waals surface area contributed by atoms with Gasteiger partial charge >= 0.3 is 6.09 Å². The zero-order valence-electron chi connectivity index (χ0n) is 18.8. The second-order valence-corrected chi connectivity index (χ2v) is 9.25. The van der Waals surface area contributed by atoms with E-state index in [9.17, 15) is 14.0 Å². The normalized spacial score (nSPS) is 12.2. The quantitative estimate of drug-likeness (QED) is 0.578. The second kappa shape index (κ2) is 11.2. The SMILES string of the molecule is CSc1ccccc1CN(C)C(=O)C[C@@H](Cc1ccccc1F)NC(=O)OC(C)(C)C. The fourth-order valence-corrected chi connectivity index (χ4v) is 3.73. The molecular formula is C24H31FN2O3S. The minimum atomic E-state index is -0.672. The summed E-state index contributed by atoms with van der Waals surface area (Å²) in [6.07, 6.45) is 1.59. The molecule has 1 atom stereocenters. The van der Waals surface area contributed by atoms with Gasteiger partial charge in [0.05, 0.1) is 0 Å². The van der Waals surface area contributed by atoms with Gasteiger partial charge < -0.3 is 15.0 Å². The van der Waals surface area contributed by atoms with Crippen molar-refractivity contribution in [2.24, 2.45) is 0 Å². The van der Waals surface area contributed by atoms with Gasteiger partial charge in [-0.05, 0) is 56.7 Å². The van der Waals surface area contributed by atoms with Crippen LogP contribution in [0.15, 0.2) is 53.4 Å². The number of rotatable bonds is 8. The smallest absolute Gasteiger partial charge is 0.407 e. The fourth-order valence-electron chi connectivity index (χ4n) is 3.12. The molecule has 0 heterocycles. The zero-order chi connectivity index (χ0) is 23.0. The van der Waals surface area contributed by atoms with Gasteiger partial charge in [0.2, 0.25) is 5.91 Å². The standard InChI is InChI=1S/C24H31FN2O3S/c1-24(2,3)30-23(29)26-19(14-17-10-6-8-12-20(17)25)15-22(28)27(4)16-18-11-7-9-13-21(18)31-5/h6-13,19H,14-16H2,1-5H3,(H,26,29)/t19-/m1/s1. The Kier molecular flexibility index (Phi) is 8.92. The van der Waals surface area contributed by atoms with Gasteiger partial charge in [0.15, 0.2) is 0 Å². The van der Waals surface area contributed by atoms with Crippen LogP contribution >= 0.6 is 11.8 Å². The van der Waals surface area contributed by atoms with Crippen LogP contribution in [0.25, 0.3) is 0 Å². The van der Waals surface area contributed by atoms with E-state index in [2.05, 4.69) is 5.32 Å². The summed E-state index contributed by atoms with van der Waals surface area (Å²) < 4.78 is 19.5. The maximum Gasteiger partial charge on any atom is 0.407 e. The van der Waals surface area contributed by atoms with E-state index in [0.717, 1.165) is 10.5 Å². The Balaban J connectivity index is 2.11. The molecule has 2 aromatic carbocycles. The van der Waals surface area contributed by atoms with Crippen molar-refractivity contribution in [3.05, 3.63) is 65.5 Å². The van der Waals surface area contributed by atoms with Crippen molar-refractivity contribution in [3.8, 4) is 0 Å². The molecule has 0 radical (unpaired) electrons. The van der Waals surface area contributed by atoms with Crippen molar-refractivity contribution in [1.29, 1.82) is 0 Å². The third-order valence-electron chi connectivity index (χ3n) is 4.59. The maximum atomic E-state index is 14.2. The van der Waals surface area contributed by atoms with Crippen molar-refractivity contribution < 1.29 is 18.7 Å². The molecule has 0 unspecified atom stereocenters. The molecule has 0 fully saturated rings. The number of amides is 2. The number of hydrogen-bond acceptors (Lipinski definition) is 4. The summed E-state index contributed by atoms with van der Waals surface area (Å²) in [5.41, 5.74) is 0.818. The molecule has 0 bridgehead atoms. The molecule has 0 aliphatic heterocycles. The number of nitrogens with zero attached hydrogens (tertiary/aromatic N) is 1. The molecule has 0 saturated heterocycles. The molecule has 2 rings (SSSR count). The largest absolute Gasteiger partial charge is 0.444 e. The molecule has 0 aliphatic rings. The molecule has 7 heteroatoms. The summed E-state index contributed by atoms with van der Waals surface area (Å²) in [4.78, 5) is 28.0. The molecule has 2 aromatic rings. The number of hydrogen-bond donors (Lipinski definition) is 1. The first-order valence-electron chi connectivity index (χ1n) is 10.2. The maximum absolute atomic E-state index is 14.2. The van der Waals surface area contributed by atoms with E-state index in [1.54, 1.807) is 62.7 Å². The Morgan fingerprint density at radius 2 is 1.71 bits per heavy atom. The minimum Gasteiger partial charge on any atom is -0.444 e. The van der Waals surface area contributed by atoms with E-state index in [-0.39, 0.29) is 24.6 Å². The van der Waals surface area contributed by atoms with Gasteiger partial charge in [-0.2, -0.15) is 0 Å². The molecule has 168 valence electrons. The number of ether oxygens (including phenoxy) is 1. The summed E-state index contributed by atoms with van der Waals surface area (Å²) in [5, 5.41) is 2.74. The first-order valence-corrected chi connectivity index (χ1v) is 11.4. The van der Waals surface area contributed by atoms with E-state index < -0.39 is 17.7 Å². The predicted molar refractivity (Wildman–Crippen MR) is 123 cm³/mol. The molecule has 0 spiro atoms.